The quantitative estimate of drug-likeness (QED) is 0.488. The molecule has 160 valence electrons. The molecule has 11 heteroatoms. The summed E-state index contributed by atoms with van der Waals surface area (Å²) in [6.07, 6.45) is 1.56. The van der Waals surface area contributed by atoms with Gasteiger partial charge in [-0.25, -0.2) is 0 Å². The summed E-state index contributed by atoms with van der Waals surface area (Å²) in [6.45, 7) is 4.69. The summed E-state index contributed by atoms with van der Waals surface area (Å²) in [5.74, 6) is -0.627. The molecule has 0 saturated carbocycles. The highest BCUT2D eigenvalue weighted by Gasteiger charge is 2.38. The van der Waals surface area contributed by atoms with Gasteiger partial charge in [-0.2, -0.15) is 22.8 Å². The Morgan fingerprint density at radius 1 is 1.03 bits per heavy atom. The fourth-order valence-corrected chi connectivity index (χ4v) is 3.93. The van der Waals surface area contributed by atoms with Crippen molar-refractivity contribution >= 4 is 11.5 Å². The molecule has 0 N–H and O–H groups in total. The van der Waals surface area contributed by atoms with Gasteiger partial charge in [0.2, 0.25) is 0 Å². The molecule has 0 aromatic carbocycles. The molecule has 0 amide bonds. The second-order valence-electron chi connectivity index (χ2n) is 7.73. The summed E-state index contributed by atoms with van der Waals surface area (Å²) in [4.78, 5) is 6.59. The third-order valence-corrected chi connectivity index (χ3v) is 5.70. The second-order valence-corrected chi connectivity index (χ2v) is 7.73. The molecule has 0 aliphatic carbocycles. The highest BCUT2D eigenvalue weighted by molar-refractivity contribution is 5.63. The Morgan fingerprint density at radius 3 is 2.55 bits per heavy atom. The Kier molecular flexibility index (Phi) is 4.24. The molecule has 31 heavy (non-hydrogen) atoms. The molecule has 1 aliphatic rings. The van der Waals surface area contributed by atoms with Crippen LogP contribution in [0.3, 0.4) is 0 Å². The van der Waals surface area contributed by atoms with E-state index in [-0.39, 0.29) is 5.65 Å². The summed E-state index contributed by atoms with van der Waals surface area (Å²) in [5, 5.41) is 15.5. The lowest BCUT2D eigenvalue weighted by Crippen LogP contribution is -2.33. The van der Waals surface area contributed by atoms with E-state index in [0.29, 0.717) is 30.9 Å². The Balaban J connectivity index is 1.56. The first-order valence-electron chi connectivity index (χ1n) is 9.74. The van der Waals surface area contributed by atoms with E-state index < -0.39 is 12.0 Å². The maximum absolute atomic E-state index is 13.4. The minimum atomic E-state index is -4.64. The molecule has 4 aromatic heterocycles. The fraction of sp³-hybridized carbons (Fsp3) is 0.350. The fourth-order valence-electron chi connectivity index (χ4n) is 3.93. The number of pyridine rings is 1. The van der Waals surface area contributed by atoms with Gasteiger partial charge in [0.15, 0.2) is 11.5 Å². The summed E-state index contributed by atoms with van der Waals surface area (Å²) in [7, 11) is 1.85. The lowest BCUT2D eigenvalue weighted by Gasteiger charge is -2.30. The van der Waals surface area contributed by atoms with Crippen molar-refractivity contribution in [2.24, 2.45) is 7.05 Å². The van der Waals surface area contributed by atoms with Crippen LogP contribution in [0.2, 0.25) is 0 Å². The zero-order valence-electron chi connectivity index (χ0n) is 17.1. The number of hydrogen-bond donors (Lipinski definition) is 0. The van der Waals surface area contributed by atoms with Crippen molar-refractivity contribution in [1.29, 1.82) is 0 Å². The number of halogens is 3. The number of anilines is 1. The average Bonchev–Trinajstić information content (AvgIpc) is 3.36. The van der Waals surface area contributed by atoms with Gasteiger partial charge in [0, 0.05) is 66.9 Å². The molecule has 0 saturated heterocycles. The minimum Gasteiger partial charge on any atom is -0.350 e. The van der Waals surface area contributed by atoms with Gasteiger partial charge in [-0.15, -0.1) is 15.3 Å². The summed E-state index contributed by atoms with van der Waals surface area (Å²) in [5.41, 5.74) is 5.44. The Bertz CT molecular complexity index is 1300. The van der Waals surface area contributed by atoms with Crippen molar-refractivity contribution < 1.29 is 13.2 Å². The zero-order chi connectivity index (χ0) is 21.9. The van der Waals surface area contributed by atoms with Crippen LogP contribution in [0.4, 0.5) is 19.0 Å². The molecular formula is C20H19F3N8. The monoisotopic (exact) mass is 428 g/mol. The van der Waals surface area contributed by atoms with Crippen LogP contribution in [-0.2, 0) is 26.2 Å². The third kappa shape index (κ3) is 3.20. The number of rotatable bonds is 2. The van der Waals surface area contributed by atoms with Gasteiger partial charge < -0.3 is 4.90 Å². The van der Waals surface area contributed by atoms with E-state index >= 15 is 0 Å². The molecule has 0 spiro atoms. The molecule has 0 fully saturated rings. The van der Waals surface area contributed by atoms with Crippen LogP contribution in [0.15, 0.2) is 24.7 Å². The van der Waals surface area contributed by atoms with Crippen LogP contribution in [0.25, 0.3) is 16.8 Å². The van der Waals surface area contributed by atoms with E-state index in [1.54, 1.807) is 17.8 Å². The molecule has 0 unspecified atom stereocenters. The van der Waals surface area contributed by atoms with Crippen molar-refractivity contribution in [1.82, 2.24) is 34.6 Å². The highest BCUT2D eigenvalue weighted by Crippen LogP contribution is 2.32. The van der Waals surface area contributed by atoms with Crippen molar-refractivity contribution in [3.05, 3.63) is 52.9 Å². The molecule has 4 aromatic rings. The number of nitrogens with zero attached hydrogens (tertiary/aromatic N) is 8. The van der Waals surface area contributed by atoms with E-state index in [0.717, 1.165) is 32.5 Å². The molecule has 5 heterocycles. The maximum Gasteiger partial charge on any atom is 0.453 e. The van der Waals surface area contributed by atoms with Crippen molar-refractivity contribution in [3.8, 4) is 11.1 Å². The largest absolute Gasteiger partial charge is 0.453 e. The first-order valence-corrected chi connectivity index (χ1v) is 9.74. The molecule has 0 atom stereocenters. The van der Waals surface area contributed by atoms with Crippen LogP contribution >= 0.6 is 0 Å². The van der Waals surface area contributed by atoms with E-state index in [2.05, 4.69) is 31.4 Å². The number of aryl methyl sites for hydroxylation is 2. The van der Waals surface area contributed by atoms with Crippen LogP contribution < -0.4 is 4.90 Å². The van der Waals surface area contributed by atoms with Crippen molar-refractivity contribution in [3.63, 3.8) is 0 Å². The smallest absolute Gasteiger partial charge is 0.350 e. The van der Waals surface area contributed by atoms with Gasteiger partial charge in [-0.3, -0.25) is 9.67 Å². The van der Waals surface area contributed by atoms with E-state index in [9.17, 15) is 13.2 Å². The molecule has 8 nitrogen and oxygen atoms in total. The third-order valence-electron chi connectivity index (χ3n) is 5.70. The van der Waals surface area contributed by atoms with Crippen LogP contribution in [-0.4, -0.2) is 41.1 Å². The van der Waals surface area contributed by atoms with Crippen LogP contribution in [0, 0.1) is 13.8 Å². The SMILES string of the molecule is Cc1c(N2CCc3ncc(-c4cnn(C)c4)cc3C2)nn2c(C(F)(F)F)nnc2c1C. The van der Waals surface area contributed by atoms with Gasteiger partial charge in [0.25, 0.3) is 5.82 Å². The topological polar surface area (TPSA) is 77.0 Å². The Hall–Kier alpha value is -3.50. The van der Waals surface area contributed by atoms with Crippen molar-refractivity contribution in [2.45, 2.75) is 33.0 Å². The first-order chi connectivity index (χ1) is 14.7. The summed E-state index contributed by atoms with van der Waals surface area (Å²) in [6, 6.07) is 2.06. The van der Waals surface area contributed by atoms with Gasteiger partial charge in [-0.1, -0.05) is 0 Å². The number of aromatic nitrogens is 7. The average molecular weight is 428 g/mol. The predicted octanol–water partition coefficient (Wildman–Crippen LogP) is 3.12. The molecular weight excluding hydrogens is 409 g/mol. The van der Waals surface area contributed by atoms with Crippen LogP contribution in [0.5, 0.6) is 0 Å². The second kappa shape index (κ2) is 6.76. The molecule has 5 rings (SSSR count). The minimum absolute atomic E-state index is 0.117. The maximum atomic E-state index is 13.4. The van der Waals surface area contributed by atoms with Gasteiger partial charge >= 0.3 is 6.18 Å². The highest BCUT2D eigenvalue weighted by atomic mass is 19.4. The van der Waals surface area contributed by atoms with Gasteiger partial charge in [0.05, 0.1) is 6.20 Å². The summed E-state index contributed by atoms with van der Waals surface area (Å²) < 4.78 is 42.6. The number of alkyl halides is 3. The molecule has 1 aliphatic heterocycles. The number of fused-ring (bicyclic) bond motifs is 2. The Morgan fingerprint density at radius 2 is 1.84 bits per heavy atom. The van der Waals surface area contributed by atoms with Gasteiger partial charge in [0.1, 0.15) is 0 Å². The normalized spacial score (nSPS) is 14.3. The van der Waals surface area contributed by atoms with Crippen molar-refractivity contribution in [2.75, 3.05) is 11.4 Å². The lowest BCUT2D eigenvalue weighted by molar-refractivity contribution is -0.146. The predicted molar refractivity (Wildman–Crippen MR) is 106 cm³/mol. The van der Waals surface area contributed by atoms with E-state index in [1.165, 1.54) is 0 Å². The standard InChI is InChI=1S/C20H19F3N8/c1-11-12(2)18(28-31-17(11)26-27-19(31)20(21,22)23)30-5-4-16-14(10-30)6-13(7-24-16)15-8-25-29(3)9-15/h6-9H,4-5,10H2,1-3H3. The molecule has 0 radical (unpaired) electrons. The van der Waals surface area contributed by atoms with Crippen LogP contribution in [0.1, 0.15) is 28.2 Å². The van der Waals surface area contributed by atoms with Gasteiger partial charge in [-0.05, 0) is 25.5 Å². The summed E-state index contributed by atoms with van der Waals surface area (Å²) >= 11 is 0. The zero-order valence-corrected chi connectivity index (χ0v) is 17.1. The molecule has 0 bridgehead atoms. The number of hydrogen-bond acceptors (Lipinski definition) is 6. The van der Waals surface area contributed by atoms with E-state index in [4.69, 9.17) is 0 Å². The lowest BCUT2D eigenvalue weighted by atomic mass is 10.0. The Labute approximate surface area is 175 Å². The first kappa shape index (κ1) is 19.5. The van der Waals surface area contributed by atoms with E-state index in [1.807, 2.05) is 31.3 Å².